The maximum absolute atomic E-state index is 5.88. The third-order valence-corrected chi connectivity index (χ3v) is 3.60. The number of ether oxygens (including phenoxy) is 1. The molecule has 0 radical (unpaired) electrons. The van der Waals surface area contributed by atoms with Crippen molar-refractivity contribution in [2.24, 2.45) is 0 Å². The number of anilines is 1. The molecule has 5 nitrogen and oxygen atoms in total. The molecular formula is C16H21ClN4OS. The lowest BCUT2D eigenvalue weighted by atomic mass is 10.2. The number of hydrogen-bond donors (Lipinski definition) is 2. The molecule has 124 valence electrons. The van der Waals surface area contributed by atoms with Crippen LogP contribution >= 0.6 is 23.8 Å². The smallest absolute Gasteiger partial charge is 0.170 e. The van der Waals surface area contributed by atoms with Gasteiger partial charge in [-0.1, -0.05) is 23.7 Å². The molecular weight excluding hydrogens is 332 g/mol. The van der Waals surface area contributed by atoms with Crippen LogP contribution in [0.1, 0.15) is 18.9 Å². The van der Waals surface area contributed by atoms with Crippen molar-refractivity contribution in [3.63, 3.8) is 0 Å². The molecule has 0 unspecified atom stereocenters. The van der Waals surface area contributed by atoms with E-state index >= 15 is 0 Å². The van der Waals surface area contributed by atoms with Crippen molar-refractivity contribution < 1.29 is 4.74 Å². The maximum Gasteiger partial charge on any atom is 0.170 e. The van der Waals surface area contributed by atoms with Gasteiger partial charge in [-0.25, -0.2) is 0 Å². The first kappa shape index (κ1) is 17.7. The van der Waals surface area contributed by atoms with Crippen molar-refractivity contribution >= 4 is 34.6 Å². The Labute approximate surface area is 147 Å². The molecule has 0 aliphatic carbocycles. The summed E-state index contributed by atoms with van der Waals surface area (Å²) in [6.45, 7) is 4.94. The van der Waals surface area contributed by atoms with Crippen LogP contribution in [0.3, 0.4) is 0 Å². The van der Waals surface area contributed by atoms with Gasteiger partial charge in [0.15, 0.2) is 5.11 Å². The van der Waals surface area contributed by atoms with Crippen molar-refractivity contribution in [2.45, 2.75) is 19.9 Å². The first-order valence-electron chi connectivity index (χ1n) is 7.57. The zero-order chi connectivity index (χ0) is 16.5. The van der Waals surface area contributed by atoms with Crippen LogP contribution in [0.25, 0.3) is 0 Å². The van der Waals surface area contributed by atoms with E-state index in [2.05, 4.69) is 15.7 Å². The van der Waals surface area contributed by atoms with Crippen molar-refractivity contribution in [2.75, 3.05) is 25.1 Å². The molecule has 2 aromatic rings. The van der Waals surface area contributed by atoms with Crippen LogP contribution in [0.4, 0.5) is 5.69 Å². The minimum Gasteiger partial charge on any atom is -0.382 e. The molecule has 1 aromatic carbocycles. The van der Waals surface area contributed by atoms with E-state index in [-0.39, 0.29) is 0 Å². The van der Waals surface area contributed by atoms with E-state index in [1.54, 1.807) is 6.20 Å². The third kappa shape index (κ3) is 6.56. The molecule has 0 fully saturated rings. The van der Waals surface area contributed by atoms with Gasteiger partial charge < -0.3 is 15.4 Å². The number of nitrogens with one attached hydrogen (secondary N) is 2. The molecule has 0 atom stereocenters. The van der Waals surface area contributed by atoms with Gasteiger partial charge in [-0.3, -0.25) is 4.68 Å². The van der Waals surface area contributed by atoms with Crippen molar-refractivity contribution in [3.05, 3.63) is 47.2 Å². The Balaban J connectivity index is 1.75. The summed E-state index contributed by atoms with van der Waals surface area (Å²) in [6, 6.07) is 7.73. The number of nitrogens with zero attached hydrogens (tertiary/aromatic N) is 2. The summed E-state index contributed by atoms with van der Waals surface area (Å²) in [5.74, 6) is 0. The van der Waals surface area contributed by atoms with Gasteiger partial charge in [0.25, 0.3) is 0 Å². The Hall–Kier alpha value is -1.63. The highest BCUT2D eigenvalue weighted by Crippen LogP contribution is 2.12. The van der Waals surface area contributed by atoms with E-state index in [1.807, 2.05) is 42.1 Å². The highest BCUT2D eigenvalue weighted by Gasteiger charge is 2.02. The predicted octanol–water partition coefficient (Wildman–Crippen LogP) is 3.30. The van der Waals surface area contributed by atoms with Gasteiger partial charge in [-0.2, -0.15) is 5.10 Å². The molecule has 0 saturated heterocycles. The van der Waals surface area contributed by atoms with E-state index in [4.69, 9.17) is 28.6 Å². The van der Waals surface area contributed by atoms with Crippen molar-refractivity contribution in [1.82, 2.24) is 15.1 Å². The van der Waals surface area contributed by atoms with Gasteiger partial charge in [0, 0.05) is 31.0 Å². The summed E-state index contributed by atoms with van der Waals surface area (Å²) < 4.78 is 7.13. The van der Waals surface area contributed by atoms with Crippen LogP contribution in [0.2, 0.25) is 5.02 Å². The second-order valence-electron chi connectivity index (χ2n) is 4.98. The van der Waals surface area contributed by atoms with Crippen molar-refractivity contribution in [1.29, 1.82) is 0 Å². The molecule has 0 amide bonds. The molecule has 1 aromatic heterocycles. The van der Waals surface area contributed by atoms with Gasteiger partial charge >= 0.3 is 0 Å². The summed E-state index contributed by atoms with van der Waals surface area (Å²) in [5.41, 5.74) is 2.00. The van der Waals surface area contributed by atoms with E-state index in [0.29, 0.717) is 11.7 Å². The number of rotatable bonds is 8. The molecule has 0 aliphatic rings. The SMILES string of the molecule is CCOCCCNC(=S)Nc1cnn(Cc2ccc(Cl)cc2)c1. The Morgan fingerprint density at radius 2 is 2.13 bits per heavy atom. The molecule has 0 spiro atoms. The lowest BCUT2D eigenvalue weighted by molar-refractivity contribution is 0.146. The van der Waals surface area contributed by atoms with Crippen LogP contribution < -0.4 is 10.6 Å². The fraction of sp³-hybridized carbons (Fsp3) is 0.375. The second kappa shape index (κ2) is 9.50. The Morgan fingerprint density at radius 3 is 2.87 bits per heavy atom. The largest absolute Gasteiger partial charge is 0.382 e. The Morgan fingerprint density at radius 1 is 1.35 bits per heavy atom. The zero-order valence-electron chi connectivity index (χ0n) is 13.1. The standard InChI is InChI=1S/C16H21ClN4OS/c1-2-22-9-3-8-18-16(23)20-15-10-19-21(12-15)11-13-4-6-14(17)7-5-13/h4-7,10,12H,2-3,8-9,11H2,1H3,(H2,18,20,23). The van der Waals surface area contributed by atoms with E-state index in [0.717, 1.165) is 42.5 Å². The quantitative estimate of drug-likeness (QED) is 0.564. The number of benzene rings is 1. The average molecular weight is 353 g/mol. The highest BCUT2D eigenvalue weighted by atomic mass is 35.5. The third-order valence-electron chi connectivity index (χ3n) is 3.10. The highest BCUT2D eigenvalue weighted by molar-refractivity contribution is 7.80. The molecule has 2 N–H and O–H groups in total. The normalized spacial score (nSPS) is 10.5. The molecule has 2 rings (SSSR count). The lowest BCUT2D eigenvalue weighted by Crippen LogP contribution is -2.29. The summed E-state index contributed by atoms with van der Waals surface area (Å²) in [5, 5.41) is 11.9. The van der Waals surface area contributed by atoms with Gasteiger partial charge in [-0.05, 0) is 43.3 Å². The fourth-order valence-corrected chi connectivity index (χ4v) is 2.33. The summed E-state index contributed by atoms with van der Waals surface area (Å²) in [4.78, 5) is 0. The van der Waals surface area contributed by atoms with Crippen molar-refractivity contribution in [3.8, 4) is 0 Å². The number of aromatic nitrogens is 2. The summed E-state index contributed by atoms with van der Waals surface area (Å²) in [6.07, 6.45) is 4.60. The first-order valence-corrected chi connectivity index (χ1v) is 8.35. The first-order chi connectivity index (χ1) is 11.2. The number of hydrogen-bond acceptors (Lipinski definition) is 3. The maximum atomic E-state index is 5.88. The van der Waals surface area contributed by atoms with Crippen LogP contribution in [0, 0.1) is 0 Å². The molecule has 1 heterocycles. The van der Waals surface area contributed by atoms with Gasteiger partial charge in [-0.15, -0.1) is 0 Å². The van der Waals surface area contributed by atoms with Crippen LogP contribution in [0.15, 0.2) is 36.7 Å². The molecule has 0 saturated carbocycles. The van der Waals surface area contributed by atoms with Gasteiger partial charge in [0.05, 0.1) is 18.4 Å². The molecule has 7 heteroatoms. The predicted molar refractivity (Wildman–Crippen MR) is 98.1 cm³/mol. The number of halogens is 1. The van der Waals surface area contributed by atoms with E-state index in [1.165, 1.54) is 0 Å². The van der Waals surface area contributed by atoms with Crippen LogP contribution in [-0.4, -0.2) is 34.7 Å². The zero-order valence-corrected chi connectivity index (χ0v) is 14.7. The van der Waals surface area contributed by atoms with Crippen LogP contribution in [0.5, 0.6) is 0 Å². The average Bonchev–Trinajstić information content (AvgIpc) is 2.96. The lowest BCUT2D eigenvalue weighted by Gasteiger charge is -2.08. The van der Waals surface area contributed by atoms with Gasteiger partial charge in [0.1, 0.15) is 0 Å². The second-order valence-corrected chi connectivity index (χ2v) is 5.83. The molecule has 0 bridgehead atoms. The Bertz CT molecular complexity index is 615. The van der Waals surface area contributed by atoms with Gasteiger partial charge in [0.2, 0.25) is 0 Å². The summed E-state index contributed by atoms with van der Waals surface area (Å²) >= 11 is 11.1. The topological polar surface area (TPSA) is 51.1 Å². The summed E-state index contributed by atoms with van der Waals surface area (Å²) in [7, 11) is 0. The monoisotopic (exact) mass is 352 g/mol. The molecule has 0 aliphatic heterocycles. The fourth-order valence-electron chi connectivity index (χ4n) is 1.99. The minimum atomic E-state index is 0.590. The van der Waals surface area contributed by atoms with Crippen LogP contribution in [-0.2, 0) is 11.3 Å². The number of thiocarbonyl (C=S) groups is 1. The Kier molecular flexibility index (Phi) is 7.32. The van der Waals surface area contributed by atoms with E-state index < -0.39 is 0 Å². The molecule has 23 heavy (non-hydrogen) atoms. The minimum absolute atomic E-state index is 0.590. The van der Waals surface area contributed by atoms with E-state index in [9.17, 15) is 0 Å².